The molecule has 33 heavy (non-hydrogen) atoms. The number of carbonyl (C=O) groups is 2. The Labute approximate surface area is 195 Å². The molecule has 1 saturated carbocycles. The Balaban J connectivity index is 1.38. The van der Waals surface area contributed by atoms with Gasteiger partial charge in [-0.15, -0.1) is 0 Å². The average Bonchev–Trinajstić information content (AvgIpc) is 3.53. The molecule has 9 nitrogen and oxygen atoms in total. The summed E-state index contributed by atoms with van der Waals surface area (Å²) in [6.07, 6.45) is 4.77. The molecule has 2 fully saturated rings. The van der Waals surface area contributed by atoms with Crippen LogP contribution < -0.4 is 15.4 Å². The van der Waals surface area contributed by atoms with Crippen molar-refractivity contribution in [2.75, 3.05) is 11.9 Å². The van der Waals surface area contributed by atoms with Gasteiger partial charge in [0.15, 0.2) is 5.75 Å². The number of likely N-dealkylation sites (tertiary alicyclic amines) is 1. The van der Waals surface area contributed by atoms with E-state index in [9.17, 15) is 14.7 Å². The maximum absolute atomic E-state index is 13.0. The van der Waals surface area contributed by atoms with E-state index in [-0.39, 0.29) is 24.0 Å². The van der Waals surface area contributed by atoms with Gasteiger partial charge in [0.2, 0.25) is 0 Å². The number of aliphatic hydroxyl groups is 1. The lowest BCUT2D eigenvalue weighted by Crippen LogP contribution is -2.60. The fraction of sp³-hybridized carbons (Fsp3) is 0.348. The zero-order valence-electron chi connectivity index (χ0n) is 18.2. The number of β-amino-alcohol motifs (C(OH)–C–C–N with tert-alkyl or cyclic N) is 1. The monoisotopic (exact) mass is 469 g/mol. The average molecular weight is 470 g/mol. The molecule has 0 bridgehead atoms. The van der Waals surface area contributed by atoms with E-state index in [1.54, 1.807) is 46.1 Å². The van der Waals surface area contributed by atoms with Gasteiger partial charge in [-0.05, 0) is 44.4 Å². The van der Waals surface area contributed by atoms with E-state index >= 15 is 0 Å². The van der Waals surface area contributed by atoms with Crippen molar-refractivity contribution in [1.82, 2.24) is 19.8 Å². The molecule has 172 valence electrons. The molecule has 1 aliphatic carbocycles. The lowest BCUT2D eigenvalue weighted by molar-refractivity contribution is -0.0357. The van der Waals surface area contributed by atoms with E-state index in [2.05, 4.69) is 15.7 Å². The normalized spacial score (nSPS) is 19.8. The lowest BCUT2D eigenvalue weighted by atomic mass is 9.99. The highest BCUT2D eigenvalue weighted by Crippen LogP contribution is 2.34. The topological polar surface area (TPSA) is 108 Å². The Hall–Kier alpha value is -3.30. The van der Waals surface area contributed by atoms with Crippen molar-refractivity contribution in [3.05, 3.63) is 52.8 Å². The number of nitrogens with zero attached hydrogens (tertiary/aromatic N) is 3. The van der Waals surface area contributed by atoms with Gasteiger partial charge in [0, 0.05) is 30.9 Å². The van der Waals surface area contributed by atoms with Gasteiger partial charge in [-0.25, -0.2) is 9.31 Å². The first-order valence-corrected chi connectivity index (χ1v) is 11.2. The van der Waals surface area contributed by atoms with Gasteiger partial charge < -0.3 is 25.4 Å². The highest BCUT2D eigenvalue weighted by molar-refractivity contribution is 6.33. The van der Waals surface area contributed by atoms with Gasteiger partial charge in [0.25, 0.3) is 5.91 Å². The number of aliphatic hydroxyl groups excluding tert-OH is 1. The summed E-state index contributed by atoms with van der Waals surface area (Å²) in [6.45, 7) is 3.98. The molecule has 0 radical (unpaired) electrons. The van der Waals surface area contributed by atoms with Crippen LogP contribution in [0.2, 0.25) is 5.02 Å². The summed E-state index contributed by atoms with van der Waals surface area (Å²) in [7, 11) is 0. The first-order chi connectivity index (χ1) is 15.8. The number of carbonyl (C=O) groups excluding carboxylic acids is 2. The highest BCUT2D eigenvalue weighted by Gasteiger charge is 2.38. The highest BCUT2D eigenvalue weighted by atomic mass is 35.5. The Morgan fingerprint density at radius 3 is 2.73 bits per heavy atom. The minimum atomic E-state index is -0.495. The number of amides is 3. The summed E-state index contributed by atoms with van der Waals surface area (Å²) < 4.78 is 7.69. The number of halogens is 1. The fourth-order valence-corrected chi connectivity index (χ4v) is 4.11. The van der Waals surface area contributed by atoms with Gasteiger partial charge >= 0.3 is 6.03 Å². The standard InChI is InChI=1S/C23H24ClN5O4/c1-12-16(22(31)28-11-19(30)13(28)2)10-29-21(12)20(7-8-25-29)33-15-5-6-18(17(24)9-15)27-23(32)26-14-3-4-14/h5-10,13-14,19,30H,3-4,11H2,1-2H3,(H2,26,27,32)/t13-,19+/m1/s1. The van der Waals surface area contributed by atoms with Crippen LogP contribution in [0.15, 0.2) is 36.7 Å². The molecule has 1 aliphatic heterocycles. The molecular formula is C23H24ClN5O4. The maximum atomic E-state index is 13.0. The number of ether oxygens (including phenoxy) is 1. The Morgan fingerprint density at radius 2 is 2.06 bits per heavy atom. The second-order valence-corrected chi connectivity index (χ2v) is 8.95. The van der Waals surface area contributed by atoms with Crippen LogP contribution in [0.1, 0.15) is 35.7 Å². The molecule has 3 amide bonds. The third-order valence-electron chi connectivity index (χ3n) is 6.14. The van der Waals surface area contributed by atoms with Crippen molar-refractivity contribution >= 4 is 34.7 Å². The van der Waals surface area contributed by atoms with E-state index in [1.807, 2.05) is 13.8 Å². The summed E-state index contributed by atoms with van der Waals surface area (Å²) in [5, 5.41) is 20.0. The number of urea groups is 1. The number of rotatable bonds is 5. The van der Waals surface area contributed by atoms with Gasteiger partial charge in [-0.2, -0.15) is 5.10 Å². The largest absolute Gasteiger partial charge is 0.455 e. The molecular weight excluding hydrogens is 446 g/mol. The summed E-state index contributed by atoms with van der Waals surface area (Å²) >= 11 is 6.36. The Morgan fingerprint density at radius 1 is 1.27 bits per heavy atom. The van der Waals surface area contributed by atoms with Crippen molar-refractivity contribution < 1.29 is 19.4 Å². The van der Waals surface area contributed by atoms with Crippen LogP contribution in [0.4, 0.5) is 10.5 Å². The van der Waals surface area contributed by atoms with Crippen LogP contribution in [0, 0.1) is 6.92 Å². The first kappa shape index (κ1) is 21.5. The van der Waals surface area contributed by atoms with Crippen molar-refractivity contribution in [1.29, 1.82) is 0 Å². The Bertz CT molecular complexity index is 1260. The SMILES string of the molecule is Cc1c(C(=O)N2C[C@H](O)[C@H]2C)cn2nccc(Oc3ccc(NC(=O)NC4CC4)c(Cl)c3)c12. The molecule has 2 atom stereocenters. The molecule has 3 heterocycles. The minimum absolute atomic E-state index is 0.148. The number of hydrogen-bond donors (Lipinski definition) is 3. The molecule has 0 spiro atoms. The van der Waals surface area contributed by atoms with E-state index < -0.39 is 6.10 Å². The second kappa shape index (κ2) is 8.24. The van der Waals surface area contributed by atoms with Crippen molar-refractivity contribution in [2.24, 2.45) is 0 Å². The fourth-order valence-electron chi connectivity index (χ4n) is 3.89. The summed E-state index contributed by atoms with van der Waals surface area (Å²) in [6, 6.07) is 6.48. The van der Waals surface area contributed by atoms with Crippen LogP contribution in [-0.2, 0) is 0 Å². The molecule has 2 aromatic heterocycles. The quantitative estimate of drug-likeness (QED) is 0.529. The number of benzene rings is 1. The lowest BCUT2D eigenvalue weighted by Gasteiger charge is -2.43. The van der Waals surface area contributed by atoms with E-state index in [0.717, 1.165) is 18.4 Å². The molecule has 2 aliphatic rings. The van der Waals surface area contributed by atoms with E-state index in [4.69, 9.17) is 16.3 Å². The molecule has 10 heteroatoms. The van der Waals surface area contributed by atoms with Crippen LogP contribution in [-0.4, -0.2) is 56.3 Å². The third-order valence-corrected chi connectivity index (χ3v) is 6.46. The van der Waals surface area contributed by atoms with Crippen LogP contribution in [0.3, 0.4) is 0 Å². The smallest absolute Gasteiger partial charge is 0.319 e. The first-order valence-electron chi connectivity index (χ1n) is 10.8. The van der Waals surface area contributed by atoms with Gasteiger partial charge in [-0.1, -0.05) is 11.6 Å². The molecule has 5 rings (SSSR count). The molecule has 1 saturated heterocycles. The number of nitrogens with one attached hydrogen (secondary N) is 2. The predicted octanol–water partition coefficient (Wildman–Crippen LogP) is 3.58. The van der Waals surface area contributed by atoms with E-state index in [1.165, 1.54) is 0 Å². The number of anilines is 1. The Kier molecular flexibility index (Phi) is 5.38. The predicted molar refractivity (Wildman–Crippen MR) is 123 cm³/mol. The number of aromatic nitrogens is 2. The number of fused-ring (bicyclic) bond motifs is 1. The summed E-state index contributed by atoms with van der Waals surface area (Å²) in [5.74, 6) is 0.848. The zero-order valence-corrected chi connectivity index (χ0v) is 19.0. The summed E-state index contributed by atoms with van der Waals surface area (Å²) in [4.78, 5) is 26.6. The van der Waals surface area contributed by atoms with Crippen molar-refractivity contribution in [3.63, 3.8) is 0 Å². The van der Waals surface area contributed by atoms with Gasteiger partial charge in [0.05, 0.1) is 34.6 Å². The summed E-state index contributed by atoms with van der Waals surface area (Å²) in [5.41, 5.74) is 2.39. The molecule has 1 aromatic carbocycles. The van der Waals surface area contributed by atoms with Crippen LogP contribution >= 0.6 is 11.6 Å². The van der Waals surface area contributed by atoms with Crippen LogP contribution in [0.5, 0.6) is 11.5 Å². The maximum Gasteiger partial charge on any atom is 0.319 e. The molecule has 0 unspecified atom stereocenters. The zero-order chi connectivity index (χ0) is 23.3. The van der Waals surface area contributed by atoms with Gasteiger partial charge in [0.1, 0.15) is 11.3 Å². The number of aryl methyl sites for hydroxylation is 1. The van der Waals surface area contributed by atoms with Crippen LogP contribution in [0.25, 0.3) is 5.52 Å². The third kappa shape index (κ3) is 4.09. The molecule has 3 aromatic rings. The van der Waals surface area contributed by atoms with E-state index in [0.29, 0.717) is 39.8 Å². The van der Waals surface area contributed by atoms with Crippen molar-refractivity contribution in [3.8, 4) is 11.5 Å². The number of hydrogen-bond acceptors (Lipinski definition) is 5. The minimum Gasteiger partial charge on any atom is -0.455 e. The van der Waals surface area contributed by atoms with Gasteiger partial charge in [-0.3, -0.25) is 4.79 Å². The molecule has 3 N–H and O–H groups in total. The van der Waals surface area contributed by atoms with Crippen molar-refractivity contribution in [2.45, 2.75) is 44.9 Å². The second-order valence-electron chi connectivity index (χ2n) is 8.54.